The molecule has 0 aliphatic carbocycles. The summed E-state index contributed by atoms with van der Waals surface area (Å²) in [6, 6.07) is -0.331. The molecule has 2 aliphatic rings. The van der Waals surface area contributed by atoms with Gasteiger partial charge < -0.3 is 5.73 Å². The maximum Gasteiger partial charge on any atom is 0.170 e. The highest BCUT2D eigenvalue weighted by Crippen LogP contribution is 2.43. The van der Waals surface area contributed by atoms with Gasteiger partial charge in [-0.05, 0) is 19.8 Å². The molecule has 1 fully saturated rings. The van der Waals surface area contributed by atoms with Gasteiger partial charge in [0.2, 0.25) is 0 Å². The third-order valence-corrected chi connectivity index (χ3v) is 6.38. The van der Waals surface area contributed by atoms with Crippen LogP contribution in [-0.2, 0) is 9.84 Å². The van der Waals surface area contributed by atoms with Gasteiger partial charge in [0.25, 0.3) is 0 Å². The van der Waals surface area contributed by atoms with Gasteiger partial charge in [-0.2, -0.15) is 0 Å². The van der Waals surface area contributed by atoms with E-state index in [-0.39, 0.29) is 18.3 Å². The molecule has 4 nitrogen and oxygen atoms in total. The first kappa shape index (κ1) is 9.89. The molecule has 2 heterocycles. The summed E-state index contributed by atoms with van der Waals surface area (Å²) >= 11 is 0. The molecule has 0 amide bonds. The lowest BCUT2D eigenvalue weighted by molar-refractivity contribution is 0.427. The molecule has 6 heteroatoms. The lowest BCUT2D eigenvalue weighted by Crippen LogP contribution is -2.55. The Hall–Kier alpha value is -0.650. The van der Waals surface area contributed by atoms with Gasteiger partial charge in [0.15, 0.2) is 14.6 Å². The van der Waals surface area contributed by atoms with E-state index in [9.17, 15) is 12.8 Å². The summed E-state index contributed by atoms with van der Waals surface area (Å²) in [5, 5.41) is -0.537. The van der Waals surface area contributed by atoms with Crippen LogP contribution in [0, 0.1) is 0 Å². The van der Waals surface area contributed by atoms with E-state index < -0.39 is 26.5 Å². The molecule has 0 unspecified atom stereocenters. The lowest BCUT2D eigenvalue weighted by atomic mass is 10.0. The van der Waals surface area contributed by atoms with Crippen LogP contribution in [-0.4, -0.2) is 37.0 Å². The Bertz CT molecular complexity index is 392. The van der Waals surface area contributed by atoms with Gasteiger partial charge in [-0.15, -0.1) is 0 Å². The topological polar surface area (TPSA) is 72.5 Å². The number of amidine groups is 1. The van der Waals surface area contributed by atoms with E-state index in [4.69, 9.17) is 5.73 Å². The zero-order valence-electron chi connectivity index (χ0n) is 7.90. The molecular weight excluding hydrogens is 207 g/mol. The molecule has 80 valence electrons. The van der Waals surface area contributed by atoms with Gasteiger partial charge >= 0.3 is 0 Å². The van der Waals surface area contributed by atoms with Crippen LogP contribution in [0.5, 0.6) is 0 Å². The Kier molecular flexibility index (Phi) is 1.90. The fourth-order valence-corrected chi connectivity index (χ4v) is 4.85. The van der Waals surface area contributed by atoms with Crippen LogP contribution in [0.15, 0.2) is 4.99 Å². The number of sulfone groups is 1. The standard InChI is InChI=1S/C8H13FN2O2S/c1-5-6-2-3-8(4-9,7(10)11-5)14(6,12)13/h5-6H,2-4H2,1H3,(H2,10,11)/t5-,6-,8-/m0/s1. The predicted molar refractivity (Wildman–Crippen MR) is 51.7 cm³/mol. The van der Waals surface area contributed by atoms with Crippen LogP contribution >= 0.6 is 0 Å². The first-order valence-corrected chi connectivity index (χ1v) is 6.13. The summed E-state index contributed by atoms with van der Waals surface area (Å²) in [5.74, 6) is -0.0405. The molecular formula is C8H13FN2O2S. The number of alkyl halides is 1. The third kappa shape index (κ3) is 0.872. The number of rotatable bonds is 1. The van der Waals surface area contributed by atoms with Crippen molar-refractivity contribution in [3.05, 3.63) is 0 Å². The van der Waals surface area contributed by atoms with Gasteiger partial charge in [0, 0.05) is 0 Å². The molecule has 0 saturated carbocycles. The maximum absolute atomic E-state index is 12.9. The van der Waals surface area contributed by atoms with E-state index in [1.165, 1.54) is 0 Å². The summed E-state index contributed by atoms with van der Waals surface area (Å²) in [4.78, 5) is 4.02. The van der Waals surface area contributed by atoms with Crippen molar-refractivity contribution in [2.24, 2.45) is 10.7 Å². The summed E-state index contributed by atoms with van der Waals surface area (Å²) in [6.45, 7) is 0.760. The molecule has 2 N–H and O–H groups in total. The van der Waals surface area contributed by atoms with Crippen LogP contribution < -0.4 is 5.73 Å². The Morgan fingerprint density at radius 1 is 1.71 bits per heavy atom. The van der Waals surface area contributed by atoms with Crippen LogP contribution in [0.1, 0.15) is 19.8 Å². The average Bonchev–Trinajstić information content (AvgIpc) is 2.27. The van der Waals surface area contributed by atoms with Crippen LogP contribution in [0.2, 0.25) is 0 Å². The number of nitrogens with two attached hydrogens (primary N) is 1. The zero-order valence-corrected chi connectivity index (χ0v) is 8.72. The highest BCUT2D eigenvalue weighted by atomic mass is 32.2. The summed E-state index contributed by atoms with van der Waals surface area (Å²) in [7, 11) is -3.47. The zero-order chi connectivity index (χ0) is 10.6. The SMILES string of the molecule is C[C@@H]1N=C(N)[C@@]2(CF)CC[C@@H]1S2(=O)=O. The van der Waals surface area contributed by atoms with Crippen molar-refractivity contribution in [2.75, 3.05) is 6.67 Å². The van der Waals surface area contributed by atoms with Crippen molar-refractivity contribution in [1.82, 2.24) is 0 Å². The Labute approximate surface area is 82.3 Å². The van der Waals surface area contributed by atoms with E-state index in [1.807, 2.05) is 0 Å². The number of hydrogen-bond donors (Lipinski definition) is 1. The molecule has 1 saturated heterocycles. The largest absolute Gasteiger partial charge is 0.386 e. The molecule has 14 heavy (non-hydrogen) atoms. The maximum atomic E-state index is 12.9. The fraction of sp³-hybridized carbons (Fsp3) is 0.875. The second-order valence-electron chi connectivity index (χ2n) is 4.01. The number of aliphatic imine (C=N–C) groups is 1. The minimum absolute atomic E-state index is 0.0405. The molecule has 0 radical (unpaired) electrons. The summed E-state index contributed by atoms with van der Waals surface area (Å²) in [6.07, 6.45) is 0.744. The Balaban J connectivity index is 2.65. The van der Waals surface area contributed by atoms with Gasteiger partial charge in [0.05, 0.1) is 11.3 Å². The van der Waals surface area contributed by atoms with E-state index in [0.29, 0.717) is 6.42 Å². The fourth-order valence-electron chi connectivity index (χ4n) is 2.37. The minimum Gasteiger partial charge on any atom is -0.386 e. The van der Waals surface area contributed by atoms with Crippen LogP contribution in [0.4, 0.5) is 4.39 Å². The van der Waals surface area contributed by atoms with Gasteiger partial charge in [-0.1, -0.05) is 0 Å². The van der Waals surface area contributed by atoms with E-state index in [1.54, 1.807) is 6.92 Å². The molecule has 2 aliphatic heterocycles. The van der Waals surface area contributed by atoms with Crippen LogP contribution in [0.25, 0.3) is 0 Å². The minimum atomic E-state index is -3.47. The first-order chi connectivity index (χ1) is 6.45. The number of halogens is 1. The smallest absolute Gasteiger partial charge is 0.170 e. The normalized spacial score (nSPS) is 44.9. The highest BCUT2D eigenvalue weighted by molar-refractivity contribution is 7.94. The van der Waals surface area contributed by atoms with Crippen molar-refractivity contribution in [1.29, 1.82) is 0 Å². The third-order valence-electron chi connectivity index (χ3n) is 3.34. The average molecular weight is 220 g/mol. The van der Waals surface area contributed by atoms with Crippen molar-refractivity contribution >= 4 is 15.7 Å². The molecule has 2 bridgehead atoms. The van der Waals surface area contributed by atoms with Gasteiger partial charge in [0.1, 0.15) is 12.5 Å². The van der Waals surface area contributed by atoms with Crippen molar-refractivity contribution in [2.45, 2.75) is 35.8 Å². The van der Waals surface area contributed by atoms with E-state index in [2.05, 4.69) is 4.99 Å². The quantitative estimate of drug-likeness (QED) is 0.677. The first-order valence-electron chi connectivity index (χ1n) is 4.59. The predicted octanol–water partition coefficient (Wildman–Crippen LogP) is 0.0312. The Morgan fingerprint density at radius 2 is 2.36 bits per heavy atom. The molecule has 0 spiro atoms. The van der Waals surface area contributed by atoms with Crippen molar-refractivity contribution in [3.63, 3.8) is 0 Å². The van der Waals surface area contributed by atoms with Gasteiger partial charge in [-0.25, -0.2) is 12.8 Å². The summed E-state index contributed by atoms with van der Waals surface area (Å²) in [5.41, 5.74) is 5.56. The molecule has 0 aromatic heterocycles. The monoisotopic (exact) mass is 220 g/mol. The Morgan fingerprint density at radius 3 is 2.93 bits per heavy atom. The van der Waals surface area contributed by atoms with E-state index in [0.717, 1.165) is 0 Å². The second kappa shape index (κ2) is 2.68. The number of nitrogens with zero attached hydrogens (tertiary/aromatic N) is 1. The highest BCUT2D eigenvalue weighted by Gasteiger charge is 2.60. The molecule has 0 aromatic rings. The molecule has 2 rings (SSSR count). The molecule has 0 aromatic carbocycles. The van der Waals surface area contributed by atoms with Crippen molar-refractivity contribution in [3.8, 4) is 0 Å². The van der Waals surface area contributed by atoms with E-state index >= 15 is 0 Å². The van der Waals surface area contributed by atoms with Crippen LogP contribution in [0.3, 0.4) is 0 Å². The van der Waals surface area contributed by atoms with Crippen molar-refractivity contribution < 1.29 is 12.8 Å². The summed E-state index contributed by atoms with van der Waals surface area (Å²) < 4.78 is 35.3. The lowest BCUT2D eigenvalue weighted by Gasteiger charge is -2.31. The number of hydrogen-bond acceptors (Lipinski definition) is 4. The van der Waals surface area contributed by atoms with Gasteiger partial charge in [-0.3, -0.25) is 4.99 Å². The second-order valence-corrected chi connectivity index (χ2v) is 6.48. The molecule has 3 atom stereocenters. The number of fused-ring (bicyclic) bond motifs is 2.